The molecule has 1 aliphatic heterocycles. The molecule has 0 saturated heterocycles. The van der Waals surface area contributed by atoms with Crippen LogP contribution in [0.25, 0.3) is 0 Å². The molecule has 0 aromatic heterocycles. The lowest BCUT2D eigenvalue weighted by Crippen LogP contribution is -2.38. The number of hydrogen-bond acceptors (Lipinski definition) is 4. The van der Waals surface area contributed by atoms with Crippen LogP contribution in [-0.2, 0) is 9.13 Å². The molecular formula is C8H11NO6P2S. The monoisotopic (exact) mass is 311 g/mol. The molecule has 0 amide bonds. The molecule has 2 aliphatic rings. The molecule has 0 fully saturated rings. The second kappa shape index (κ2) is 4.08. The topological polar surface area (TPSA) is 127 Å². The summed E-state index contributed by atoms with van der Waals surface area (Å²) in [6.45, 7) is 0. The third-order valence-corrected chi connectivity index (χ3v) is 7.18. The maximum atomic E-state index is 11.6. The van der Waals surface area contributed by atoms with Crippen LogP contribution in [0.2, 0.25) is 0 Å². The van der Waals surface area contributed by atoms with Gasteiger partial charge in [-0.3, -0.25) is 9.13 Å². The van der Waals surface area contributed by atoms with Crippen molar-refractivity contribution in [2.45, 2.75) is 10.3 Å². The fraction of sp³-hybridized carbons (Fsp3) is 0.250. The van der Waals surface area contributed by atoms with Crippen LogP contribution >= 0.6 is 27.8 Å². The van der Waals surface area contributed by atoms with Gasteiger partial charge in [0.25, 0.3) is 0 Å². The van der Waals surface area contributed by atoms with Crippen LogP contribution in [0.1, 0.15) is 0 Å². The van der Waals surface area contributed by atoms with Crippen LogP contribution in [0, 0.1) is 0 Å². The van der Waals surface area contributed by atoms with Crippen LogP contribution in [0.3, 0.4) is 0 Å². The molecule has 18 heavy (non-hydrogen) atoms. The van der Waals surface area contributed by atoms with E-state index in [1.807, 2.05) is 0 Å². The van der Waals surface area contributed by atoms with Crippen molar-refractivity contribution in [1.29, 1.82) is 0 Å². The second-order valence-corrected chi connectivity index (χ2v) is 8.42. The van der Waals surface area contributed by atoms with Gasteiger partial charge in [-0.05, 0) is 11.6 Å². The average molecular weight is 311 g/mol. The minimum atomic E-state index is -5.12. The Balaban J connectivity index is 2.70. The maximum Gasteiger partial charge on any atom is 0.353 e. The Morgan fingerprint density at radius 2 is 1.72 bits per heavy atom. The summed E-state index contributed by atoms with van der Waals surface area (Å²) >= 11 is 4.05. The Kier molecular flexibility index (Phi) is 3.19. The van der Waals surface area contributed by atoms with E-state index >= 15 is 0 Å². The van der Waals surface area contributed by atoms with Crippen LogP contribution in [0.4, 0.5) is 0 Å². The van der Waals surface area contributed by atoms with Gasteiger partial charge in [0, 0.05) is 0 Å². The van der Waals surface area contributed by atoms with E-state index in [1.54, 1.807) is 6.08 Å². The van der Waals surface area contributed by atoms with E-state index in [2.05, 4.69) is 17.9 Å². The first-order chi connectivity index (χ1) is 8.09. The van der Waals surface area contributed by atoms with Gasteiger partial charge in [0.2, 0.25) is 4.90 Å². The Morgan fingerprint density at radius 1 is 1.17 bits per heavy atom. The normalized spacial score (nSPS) is 26.2. The maximum absolute atomic E-state index is 11.6. The molecule has 10 heteroatoms. The summed E-state index contributed by atoms with van der Waals surface area (Å²) < 4.78 is 23.2. The first-order valence-corrected chi connectivity index (χ1v) is 8.52. The molecule has 0 radical (unpaired) electrons. The summed E-state index contributed by atoms with van der Waals surface area (Å²) in [6.07, 6.45) is 5.24. The highest BCUT2D eigenvalue weighted by Crippen LogP contribution is 2.74. The summed E-state index contributed by atoms with van der Waals surface area (Å²) in [6, 6.07) is 0. The number of allylic oxidation sites excluding steroid dienone is 4. The minimum Gasteiger partial charge on any atom is -0.371 e. The van der Waals surface area contributed by atoms with Crippen molar-refractivity contribution < 1.29 is 28.7 Å². The fourth-order valence-corrected chi connectivity index (χ4v) is 5.04. The van der Waals surface area contributed by atoms with Crippen LogP contribution in [0.15, 0.2) is 35.6 Å². The van der Waals surface area contributed by atoms with E-state index < -0.39 is 25.5 Å². The summed E-state index contributed by atoms with van der Waals surface area (Å²) in [5.41, 5.74) is 0.138. The first kappa shape index (κ1) is 14.1. The van der Waals surface area contributed by atoms with Crippen molar-refractivity contribution in [2.24, 2.45) is 0 Å². The summed E-state index contributed by atoms with van der Waals surface area (Å²) in [5, 5.41) is 2.02. The predicted molar refractivity (Wildman–Crippen MR) is 68.0 cm³/mol. The molecule has 1 aliphatic carbocycles. The number of rotatable bonds is 2. The summed E-state index contributed by atoms with van der Waals surface area (Å²) in [7, 11) is -10.2. The molecule has 100 valence electrons. The molecule has 0 aromatic carbocycles. The van der Waals surface area contributed by atoms with E-state index in [0.717, 1.165) is 6.08 Å². The highest BCUT2D eigenvalue weighted by atomic mass is 32.1. The van der Waals surface area contributed by atoms with E-state index in [1.165, 1.54) is 12.2 Å². The summed E-state index contributed by atoms with van der Waals surface area (Å²) in [4.78, 5) is 34.9. The molecule has 2 rings (SSSR count). The van der Waals surface area contributed by atoms with E-state index in [9.17, 15) is 28.7 Å². The van der Waals surface area contributed by atoms with Crippen LogP contribution < -0.4 is 5.32 Å². The standard InChI is InChI=1S/C8H11NO6P2S/c10-16(11,12)8(17(13,14)15)4-3-5-1-2-6(18)9-7(5)8/h1-4,6,9,18H,(H2,10,11,12)(H2,13,14,15). The molecule has 0 bridgehead atoms. The molecule has 5 N–H and O–H groups in total. The third kappa shape index (κ3) is 1.85. The first-order valence-electron chi connectivity index (χ1n) is 4.78. The third-order valence-electron chi connectivity index (χ3n) is 2.79. The molecule has 0 spiro atoms. The zero-order valence-electron chi connectivity index (χ0n) is 8.83. The Bertz CT molecular complexity index is 548. The van der Waals surface area contributed by atoms with Crippen molar-refractivity contribution in [3.8, 4) is 0 Å². The second-order valence-electron chi connectivity index (χ2n) is 3.93. The Hall–Kier alpha value is -0.330. The smallest absolute Gasteiger partial charge is 0.353 e. The van der Waals surface area contributed by atoms with Gasteiger partial charge < -0.3 is 24.9 Å². The molecule has 0 aromatic rings. The van der Waals surface area contributed by atoms with Crippen molar-refractivity contribution in [3.05, 3.63) is 35.6 Å². The predicted octanol–water partition coefficient (Wildman–Crippen LogP) is 0.277. The number of hydrogen-bond donors (Lipinski definition) is 6. The van der Waals surface area contributed by atoms with Crippen LogP contribution in [-0.4, -0.2) is 29.8 Å². The molecule has 1 heterocycles. The average Bonchev–Trinajstić information content (AvgIpc) is 2.54. The zero-order valence-corrected chi connectivity index (χ0v) is 11.5. The number of thiol groups is 1. The molecule has 0 saturated carbocycles. The van der Waals surface area contributed by atoms with E-state index in [0.29, 0.717) is 5.57 Å². The minimum absolute atomic E-state index is 0.188. The van der Waals surface area contributed by atoms with Gasteiger partial charge in [0.05, 0.1) is 11.1 Å². The van der Waals surface area contributed by atoms with Crippen molar-refractivity contribution in [1.82, 2.24) is 5.32 Å². The molecule has 1 unspecified atom stereocenters. The van der Waals surface area contributed by atoms with Gasteiger partial charge in [-0.25, -0.2) is 0 Å². The van der Waals surface area contributed by atoms with Crippen molar-refractivity contribution in [3.63, 3.8) is 0 Å². The van der Waals surface area contributed by atoms with Gasteiger partial charge in [0.15, 0.2) is 0 Å². The lowest BCUT2D eigenvalue weighted by Gasteiger charge is -2.34. The number of dihydropyridines is 1. The highest BCUT2D eigenvalue weighted by molar-refractivity contribution is 7.81. The van der Waals surface area contributed by atoms with Gasteiger partial charge >= 0.3 is 15.2 Å². The number of nitrogens with one attached hydrogen (secondary N) is 1. The molecule has 1 atom stereocenters. The summed E-state index contributed by atoms with van der Waals surface area (Å²) in [5.74, 6) is 0. The quantitative estimate of drug-likeness (QED) is 0.319. The Morgan fingerprint density at radius 3 is 2.22 bits per heavy atom. The van der Waals surface area contributed by atoms with Crippen LogP contribution in [0.5, 0.6) is 0 Å². The van der Waals surface area contributed by atoms with Gasteiger partial charge in [0.1, 0.15) is 0 Å². The SMILES string of the molecule is O=P(O)(O)C1(P(=O)(O)O)C=CC2=C1NC(S)C=C2. The highest BCUT2D eigenvalue weighted by Gasteiger charge is 2.63. The Labute approximate surface area is 108 Å². The fourth-order valence-electron chi connectivity index (χ4n) is 1.96. The largest absolute Gasteiger partial charge is 0.371 e. The van der Waals surface area contributed by atoms with Gasteiger partial charge in [-0.1, -0.05) is 18.2 Å². The van der Waals surface area contributed by atoms with E-state index in [4.69, 9.17) is 0 Å². The van der Waals surface area contributed by atoms with Crippen molar-refractivity contribution >= 4 is 27.8 Å². The zero-order chi connectivity index (χ0) is 13.8. The lowest BCUT2D eigenvalue weighted by atomic mass is 10.2. The molecular weight excluding hydrogens is 300 g/mol. The van der Waals surface area contributed by atoms with E-state index in [-0.39, 0.29) is 5.70 Å². The lowest BCUT2D eigenvalue weighted by molar-refractivity contribution is 0.328. The van der Waals surface area contributed by atoms with Crippen molar-refractivity contribution in [2.75, 3.05) is 0 Å². The van der Waals surface area contributed by atoms with Gasteiger partial charge in [-0.15, -0.1) is 0 Å². The molecule has 7 nitrogen and oxygen atoms in total. The van der Waals surface area contributed by atoms with Gasteiger partial charge in [-0.2, -0.15) is 12.6 Å².